The molecule has 0 aliphatic carbocycles. The number of hydrogen-bond donors (Lipinski definition) is 0. The molecule has 4 rings (SSSR count). The lowest BCUT2D eigenvalue weighted by molar-refractivity contribution is 0.0985. The van der Waals surface area contributed by atoms with Crippen LogP contribution in [0.15, 0.2) is 71.9 Å². The van der Waals surface area contributed by atoms with Gasteiger partial charge in [-0.15, -0.1) is 0 Å². The quantitative estimate of drug-likeness (QED) is 0.421. The number of hydrogen-bond acceptors (Lipinski definition) is 6. The number of carbonyl (C=O) groups is 1. The van der Waals surface area contributed by atoms with E-state index in [9.17, 15) is 13.2 Å². The van der Waals surface area contributed by atoms with Crippen LogP contribution in [0, 0.1) is 0 Å². The zero-order valence-corrected chi connectivity index (χ0v) is 18.8. The molecule has 2 aromatic carbocycles. The molecule has 0 atom stereocenters. The van der Waals surface area contributed by atoms with Gasteiger partial charge in [0.1, 0.15) is 0 Å². The maximum absolute atomic E-state index is 13.4. The lowest BCUT2D eigenvalue weighted by atomic mass is 10.2. The molecular weight excluding hydrogens is 432 g/mol. The highest BCUT2D eigenvalue weighted by Gasteiger charge is 2.23. The first kappa shape index (κ1) is 21.2. The Labute approximate surface area is 184 Å². The average Bonchev–Trinajstić information content (AvgIpc) is 3.43. The summed E-state index contributed by atoms with van der Waals surface area (Å²) in [5, 5.41) is 4.28. The first-order valence-electron chi connectivity index (χ1n) is 9.85. The van der Waals surface area contributed by atoms with Crippen molar-refractivity contribution in [2.24, 2.45) is 0 Å². The number of anilines is 1. The summed E-state index contributed by atoms with van der Waals surface area (Å²) in [6, 6.07) is 15.7. The molecule has 160 valence electrons. The third kappa shape index (κ3) is 4.38. The van der Waals surface area contributed by atoms with Crippen LogP contribution in [-0.2, 0) is 16.4 Å². The molecule has 0 fully saturated rings. The fraction of sp³-hybridized carbons (Fsp3) is 0.227. The van der Waals surface area contributed by atoms with Gasteiger partial charge in [-0.05, 0) is 56.3 Å². The van der Waals surface area contributed by atoms with Gasteiger partial charge < -0.3 is 0 Å². The number of para-hydroxylation sites is 1. The Bertz CT molecular complexity index is 1260. The monoisotopic (exact) mass is 454 g/mol. The van der Waals surface area contributed by atoms with Gasteiger partial charge in [-0.3, -0.25) is 14.4 Å². The smallest absolute Gasteiger partial charge is 0.260 e. The molecule has 0 saturated carbocycles. The maximum Gasteiger partial charge on any atom is 0.260 e. The topological polar surface area (TPSA) is 85.2 Å². The second-order valence-corrected chi connectivity index (χ2v) is 10.8. The minimum atomic E-state index is -3.40. The number of amides is 1. The van der Waals surface area contributed by atoms with E-state index in [2.05, 4.69) is 10.1 Å². The predicted molar refractivity (Wildman–Crippen MR) is 122 cm³/mol. The summed E-state index contributed by atoms with van der Waals surface area (Å²) >= 11 is 1.45. The van der Waals surface area contributed by atoms with Gasteiger partial charge in [-0.1, -0.05) is 23.5 Å². The van der Waals surface area contributed by atoms with Crippen molar-refractivity contribution in [2.45, 2.75) is 30.5 Å². The molecule has 31 heavy (non-hydrogen) atoms. The van der Waals surface area contributed by atoms with Crippen LogP contribution < -0.4 is 4.90 Å². The van der Waals surface area contributed by atoms with E-state index in [1.165, 1.54) is 23.5 Å². The fourth-order valence-electron chi connectivity index (χ4n) is 3.11. The van der Waals surface area contributed by atoms with E-state index in [4.69, 9.17) is 0 Å². The number of nitrogens with zero attached hydrogens (tertiary/aromatic N) is 4. The van der Waals surface area contributed by atoms with E-state index >= 15 is 0 Å². The third-order valence-corrected chi connectivity index (χ3v) is 8.15. The minimum absolute atomic E-state index is 0.210. The first-order valence-corrected chi connectivity index (χ1v) is 12.2. The lowest BCUT2D eigenvalue weighted by Crippen LogP contribution is -2.34. The van der Waals surface area contributed by atoms with E-state index < -0.39 is 15.1 Å². The van der Waals surface area contributed by atoms with Gasteiger partial charge in [-0.2, -0.15) is 5.10 Å². The molecule has 0 spiro atoms. The number of carbonyl (C=O) groups excluding carboxylic acids is 1. The second kappa shape index (κ2) is 8.60. The molecule has 7 nitrogen and oxygen atoms in total. The van der Waals surface area contributed by atoms with Crippen molar-refractivity contribution in [3.63, 3.8) is 0 Å². The number of sulfone groups is 1. The summed E-state index contributed by atoms with van der Waals surface area (Å²) in [5.74, 6) is -0.236. The Balaban J connectivity index is 1.66. The van der Waals surface area contributed by atoms with Gasteiger partial charge in [0.15, 0.2) is 15.0 Å². The first-order chi connectivity index (χ1) is 14.9. The van der Waals surface area contributed by atoms with Gasteiger partial charge in [0.2, 0.25) is 0 Å². The van der Waals surface area contributed by atoms with Crippen molar-refractivity contribution in [3.8, 4) is 0 Å². The second-order valence-electron chi connectivity index (χ2n) is 7.31. The zero-order chi connectivity index (χ0) is 22.0. The van der Waals surface area contributed by atoms with Gasteiger partial charge >= 0.3 is 0 Å². The summed E-state index contributed by atoms with van der Waals surface area (Å²) in [6.07, 6.45) is 3.53. The number of rotatable bonds is 7. The van der Waals surface area contributed by atoms with E-state index in [1.54, 1.807) is 41.8 Å². The predicted octanol–water partition coefficient (Wildman–Crippen LogP) is 4.02. The molecule has 0 aliphatic heterocycles. The molecule has 0 unspecified atom stereocenters. The van der Waals surface area contributed by atoms with E-state index in [-0.39, 0.29) is 10.8 Å². The molecule has 0 radical (unpaired) electrons. The van der Waals surface area contributed by atoms with Crippen molar-refractivity contribution < 1.29 is 13.2 Å². The van der Waals surface area contributed by atoms with Crippen LogP contribution in [0.1, 0.15) is 24.2 Å². The summed E-state index contributed by atoms with van der Waals surface area (Å²) in [7, 11) is -3.40. The molecule has 0 N–H and O–H groups in total. The van der Waals surface area contributed by atoms with Crippen molar-refractivity contribution in [1.82, 2.24) is 14.8 Å². The molecule has 0 bridgehead atoms. The summed E-state index contributed by atoms with van der Waals surface area (Å²) in [4.78, 5) is 19.9. The average molecular weight is 455 g/mol. The van der Waals surface area contributed by atoms with Crippen molar-refractivity contribution in [1.29, 1.82) is 0 Å². The number of thiazole rings is 1. The number of fused-ring (bicyclic) bond motifs is 1. The summed E-state index contributed by atoms with van der Waals surface area (Å²) < 4.78 is 27.5. The highest BCUT2D eigenvalue weighted by molar-refractivity contribution is 7.92. The van der Waals surface area contributed by atoms with Crippen molar-refractivity contribution >= 4 is 42.4 Å². The molecule has 0 saturated heterocycles. The van der Waals surface area contributed by atoms with E-state index in [1.807, 2.05) is 36.5 Å². The standard InChI is InChI=1S/C22H22N4O3S2/c1-16(2)31(28,29)18-10-8-17(9-11-18)21(27)26(15-14-25-13-5-12-23-25)22-24-19-6-3-4-7-20(19)30-22/h3-13,16H,14-15H2,1-2H3. The lowest BCUT2D eigenvalue weighted by Gasteiger charge is -2.20. The SMILES string of the molecule is CC(C)S(=O)(=O)c1ccc(C(=O)N(CCn2cccn2)c2nc3ccccc3s2)cc1. The summed E-state index contributed by atoms with van der Waals surface area (Å²) in [5.41, 5.74) is 1.24. The Morgan fingerprint density at radius 1 is 1.10 bits per heavy atom. The number of benzene rings is 2. The van der Waals surface area contributed by atoms with Crippen LogP contribution >= 0.6 is 11.3 Å². The van der Waals surface area contributed by atoms with Crippen LogP contribution in [0.2, 0.25) is 0 Å². The van der Waals surface area contributed by atoms with Gasteiger partial charge in [0.25, 0.3) is 5.91 Å². The Hall–Kier alpha value is -3.04. The summed E-state index contributed by atoms with van der Waals surface area (Å²) in [6.45, 7) is 4.16. The molecule has 2 heterocycles. The highest BCUT2D eigenvalue weighted by Crippen LogP contribution is 2.30. The van der Waals surface area contributed by atoms with Gasteiger partial charge in [-0.25, -0.2) is 13.4 Å². The normalized spacial score (nSPS) is 11.8. The molecule has 1 amide bonds. The van der Waals surface area contributed by atoms with Crippen LogP contribution in [0.4, 0.5) is 5.13 Å². The Morgan fingerprint density at radius 3 is 2.48 bits per heavy atom. The largest absolute Gasteiger partial charge is 0.282 e. The molecule has 0 aliphatic rings. The maximum atomic E-state index is 13.4. The van der Waals surface area contributed by atoms with E-state index in [0.29, 0.717) is 23.8 Å². The zero-order valence-electron chi connectivity index (χ0n) is 17.2. The molecule has 9 heteroatoms. The molecular formula is C22H22N4O3S2. The van der Waals surface area contributed by atoms with Crippen LogP contribution in [0.25, 0.3) is 10.2 Å². The Morgan fingerprint density at radius 2 is 1.84 bits per heavy atom. The van der Waals surface area contributed by atoms with Crippen molar-refractivity contribution in [3.05, 3.63) is 72.6 Å². The molecule has 4 aromatic rings. The van der Waals surface area contributed by atoms with E-state index in [0.717, 1.165) is 10.2 Å². The van der Waals surface area contributed by atoms with Crippen LogP contribution in [-0.4, -0.2) is 40.9 Å². The fourth-order valence-corrected chi connectivity index (χ4v) is 5.16. The van der Waals surface area contributed by atoms with Crippen LogP contribution in [0.5, 0.6) is 0 Å². The van der Waals surface area contributed by atoms with Gasteiger partial charge in [0, 0.05) is 24.5 Å². The molecule has 2 aromatic heterocycles. The number of aromatic nitrogens is 3. The Kier molecular flexibility index (Phi) is 5.88. The third-order valence-electron chi connectivity index (χ3n) is 4.92. The minimum Gasteiger partial charge on any atom is -0.282 e. The van der Waals surface area contributed by atoms with Crippen molar-refractivity contribution in [2.75, 3.05) is 11.4 Å². The van der Waals surface area contributed by atoms with Crippen LogP contribution in [0.3, 0.4) is 0 Å². The van der Waals surface area contributed by atoms with Gasteiger partial charge in [0.05, 0.1) is 26.9 Å². The highest BCUT2D eigenvalue weighted by atomic mass is 32.2.